The third-order valence-electron chi connectivity index (χ3n) is 7.07. The maximum absolute atomic E-state index is 14.3. The van der Waals surface area contributed by atoms with Crippen molar-refractivity contribution in [3.8, 4) is 11.5 Å². The molecule has 0 spiro atoms. The van der Waals surface area contributed by atoms with Crippen molar-refractivity contribution in [3.63, 3.8) is 0 Å². The van der Waals surface area contributed by atoms with Crippen molar-refractivity contribution in [2.24, 2.45) is 0 Å². The van der Waals surface area contributed by atoms with Crippen LogP contribution in [0.1, 0.15) is 18.4 Å². The van der Waals surface area contributed by atoms with Gasteiger partial charge in [0.25, 0.3) is 0 Å². The van der Waals surface area contributed by atoms with Gasteiger partial charge in [-0.25, -0.2) is 22.0 Å². The van der Waals surface area contributed by atoms with Crippen molar-refractivity contribution in [2.75, 3.05) is 34.3 Å². The fourth-order valence-electron chi connectivity index (χ4n) is 5.05. The zero-order valence-electron chi connectivity index (χ0n) is 24.0. The lowest BCUT2D eigenvalue weighted by atomic mass is 10.0. The largest absolute Gasteiger partial charge is 0.457 e. The molecule has 12 heteroatoms. The van der Waals surface area contributed by atoms with E-state index in [9.17, 15) is 22.0 Å². The number of hydrogen-bond acceptors (Lipinski definition) is 5. The van der Waals surface area contributed by atoms with Gasteiger partial charge in [0.1, 0.15) is 23.1 Å². The Bertz CT molecular complexity index is 1650. The molecule has 1 aliphatic rings. The van der Waals surface area contributed by atoms with E-state index in [1.807, 2.05) is 54.6 Å². The minimum absolute atomic E-state index is 0. The van der Waals surface area contributed by atoms with E-state index >= 15 is 0 Å². The number of carbonyl (C=O) groups excluding carboxylic acids is 1. The zero-order chi connectivity index (χ0) is 30.4. The van der Waals surface area contributed by atoms with Crippen molar-refractivity contribution in [3.05, 3.63) is 114 Å². The summed E-state index contributed by atoms with van der Waals surface area (Å²) in [5.41, 5.74) is 2.21. The van der Waals surface area contributed by atoms with Gasteiger partial charge in [0.2, 0.25) is 10.0 Å². The van der Waals surface area contributed by atoms with Crippen molar-refractivity contribution in [1.82, 2.24) is 4.90 Å². The second-order valence-electron chi connectivity index (χ2n) is 10.4. The van der Waals surface area contributed by atoms with Crippen molar-refractivity contribution < 1.29 is 26.7 Å². The summed E-state index contributed by atoms with van der Waals surface area (Å²) in [7, 11) is -3.34. The maximum atomic E-state index is 14.3. The van der Waals surface area contributed by atoms with Crippen LogP contribution < -0.4 is 19.7 Å². The van der Waals surface area contributed by atoms with E-state index < -0.39 is 27.7 Å². The zero-order valence-corrected chi connectivity index (χ0v) is 25.6. The molecule has 5 rings (SSSR count). The first-order valence-corrected chi connectivity index (χ1v) is 15.7. The van der Waals surface area contributed by atoms with Crippen LogP contribution in [0.2, 0.25) is 0 Å². The number of nitrogens with one attached hydrogen (secondary N) is 2. The molecule has 0 aliphatic carbocycles. The third-order valence-corrected chi connectivity index (χ3v) is 7.68. The molecule has 8 nitrogen and oxygen atoms in total. The molecule has 4 aromatic rings. The first kappa shape index (κ1) is 32.7. The molecule has 1 heterocycles. The Balaban J connectivity index is 0.00000442. The normalized spacial score (nSPS) is 13.9. The van der Waals surface area contributed by atoms with E-state index in [4.69, 9.17) is 4.74 Å². The SMILES string of the molecule is CS(=O)(=O)Nc1ccc(Oc2ccc(CN3CCC(N(C(=O)Nc4ccc(F)cc4F)c4ccccc4)CC3)cc2)cc1.Cl. The Labute approximate surface area is 262 Å². The van der Waals surface area contributed by atoms with E-state index in [0.717, 1.165) is 56.4 Å². The number of amides is 2. The van der Waals surface area contributed by atoms with Crippen LogP contribution in [0.4, 0.5) is 30.6 Å². The van der Waals surface area contributed by atoms with E-state index in [1.165, 1.54) is 6.07 Å². The van der Waals surface area contributed by atoms with Crippen molar-refractivity contribution in [1.29, 1.82) is 0 Å². The molecular weight excluding hydrogens is 610 g/mol. The molecule has 4 aromatic carbocycles. The van der Waals surface area contributed by atoms with Crippen LogP contribution in [0.25, 0.3) is 0 Å². The predicted molar refractivity (Wildman–Crippen MR) is 171 cm³/mol. The van der Waals surface area contributed by atoms with E-state index in [-0.39, 0.29) is 24.1 Å². The van der Waals surface area contributed by atoms with Crippen LogP contribution in [-0.2, 0) is 16.6 Å². The molecule has 2 N–H and O–H groups in total. The Kier molecular flexibility index (Phi) is 10.8. The predicted octanol–water partition coefficient (Wildman–Crippen LogP) is 7.25. The van der Waals surface area contributed by atoms with Gasteiger partial charge < -0.3 is 10.1 Å². The summed E-state index contributed by atoms with van der Waals surface area (Å²) >= 11 is 0. The topological polar surface area (TPSA) is 91.0 Å². The minimum atomic E-state index is -3.34. The van der Waals surface area contributed by atoms with Gasteiger partial charge in [-0.05, 0) is 79.1 Å². The Morgan fingerprint density at radius 2 is 1.52 bits per heavy atom. The van der Waals surface area contributed by atoms with E-state index in [0.29, 0.717) is 22.9 Å². The number of anilines is 3. The number of para-hydroxylation sites is 1. The summed E-state index contributed by atoms with van der Waals surface area (Å²) in [6.45, 7) is 2.26. The van der Waals surface area contributed by atoms with Gasteiger partial charge in [-0.2, -0.15) is 0 Å². The Hall–Kier alpha value is -4.19. The van der Waals surface area contributed by atoms with Gasteiger partial charge in [0.15, 0.2) is 0 Å². The average Bonchev–Trinajstić information content (AvgIpc) is 2.97. The first-order chi connectivity index (χ1) is 20.6. The number of urea groups is 1. The number of sulfonamides is 1. The van der Waals surface area contributed by atoms with Crippen molar-refractivity contribution in [2.45, 2.75) is 25.4 Å². The summed E-state index contributed by atoms with van der Waals surface area (Å²) in [5, 5.41) is 2.61. The highest BCUT2D eigenvalue weighted by molar-refractivity contribution is 7.92. The molecule has 0 radical (unpaired) electrons. The molecular formula is C32H33ClF2N4O4S. The first-order valence-electron chi connectivity index (χ1n) is 13.8. The van der Waals surface area contributed by atoms with Gasteiger partial charge in [-0.3, -0.25) is 14.5 Å². The fraction of sp³-hybridized carbons (Fsp3) is 0.219. The number of ether oxygens (including phenoxy) is 1. The smallest absolute Gasteiger partial charge is 0.326 e. The number of halogens is 3. The van der Waals surface area contributed by atoms with E-state index in [2.05, 4.69) is 14.9 Å². The highest BCUT2D eigenvalue weighted by Crippen LogP contribution is 2.28. The molecule has 0 saturated carbocycles. The van der Waals surface area contributed by atoms with Crippen LogP contribution in [0, 0.1) is 11.6 Å². The lowest BCUT2D eigenvalue weighted by Crippen LogP contribution is -2.49. The molecule has 2 amide bonds. The molecule has 1 saturated heterocycles. The van der Waals surface area contributed by atoms with Gasteiger partial charge >= 0.3 is 6.03 Å². The lowest BCUT2D eigenvalue weighted by molar-refractivity contribution is 0.199. The van der Waals surface area contributed by atoms with Gasteiger partial charge in [-0.15, -0.1) is 12.4 Å². The average molecular weight is 643 g/mol. The highest BCUT2D eigenvalue weighted by atomic mass is 35.5. The van der Waals surface area contributed by atoms with Crippen LogP contribution in [0.3, 0.4) is 0 Å². The molecule has 44 heavy (non-hydrogen) atoms. The van der Waals surface area contributed by atoms with Gasteiger partial charge in [0.05, 0.1) is 11.9 Å². The fourth-order valence-corrected chi connectivity index (χ4v) is 5.61. The third kappa shape index (κ3) is 8.91. The summed E-state index contributed by atoms with van der Waals surface area (Å²) < 4.78 is 58.7. The number of nitrogens with zero attached hydrogens (tertiary/aromatic N) is 2. The van der Waals surface area contributed by atoms with Crippen LogP contribution in [-0.4, -0.2) is 44.7 Å². The number of likely N-dealkylation sites (tertiary alicyclic amines) is 1. The molecule has 0 atom stereocenters. The van der Waals surface area contributed by atoms with Crippen LogP contribution in [0.15, 0.2) is 97.1 Å². The summed E-state index contributed by atoms with van der Waals surface area (Å²) in [5.74, 6) is -0.287. The monoisotopic (exact) mass is 642 g/mol. The maximum Gasteiger partial charge on any atom is 0.326 e. The standard InChI is InChI=1S/C32H32F2N4O4S.ClH/c1-43(40,41)36-25-10-14-29(15-11-25)42-28-12-7-23(8-13-28)22-37-19-17-27(18-20-37)38(26-5-3-2-4-6-26)32(39)35-31-16-9-24(33)21-30(31)34;/h2-16,21,27,36H,17-20,22H2,1H3,(H,35,39);1H. The summed E-state index contributed by atoms with van der Waals surface area (Å²) in [6, 6.07) is 26.2. The Morgan fingerprint density at radius 1 is 0.909 bits per heavy atom. The van der Waals surface area contributed by atoms with Crippen LogP contribution >= 0.6 is 12.4 Å². The second-order valence-corrected chi connectivity index (χ2v) is 12.2. The molecule has 0 unspecified atom stereocenters. The number of hydrogen-bond donors (Lipinski definition) is 2. The highest BCUT2D eigenvalue weighted by Gasteiger charge is 2.29. The molecule has 1 aliphatic heterocycles. The molecule has 1 fully saturated rings. The molecule has 0 bridgehead atoms. The number of rotatable bonds is 9. The quantitative estimate of drug-likeness (QED) is 0.201. The lowest BCUT2D eigenvalue weighted by Gasteiger charge is -2.38. The summed E-state index contributed by atoms with van der Waals surface area (Å²) in [4.78, 5) is 17.3. The van der Waals surface area contributed by atoms with Gasteiger partial charge in [-0.1, -0.05) is 30.3 Å². The minimum Gasteiger partial charge on any atom is -0.457 e. The second kappa shape index (κ2) is 14.5. The van der Waals surface area contributed by atoms with E-state index in [1.54, 1.807) is 29.2 Å². The number of carbonyl (C=O) groups is 1. The summed E-state index contributed by atoms with van der Waals surface area (Å²) in [6.07, 6.45) is 2.54. The molecule has 232 valence electrons. The van der Waals surface area contributed by atoms with Crippen LogP contribution in [0.5, 0.6) is 11.5 Å². The number of benzene rings is 4. The van der Waals surface area contributed by atoms with Gasteiger partial charge in [0, 0.05) is 43.1 Å². The molecule has 0 aromatic heterocycles. The number of piperidine rings is 1. The Morgan fingerprint density at radius 3 is 2.11 bits per heavy atom. The van der Waals surface area contributed by atoms with Crippen molar-refractivity contribution >= 4 is 45.5 Å².